The third kappa shape index (κ3) is 6.00. The lowest BCUT2D eigenvalue weighted by atomic mass is 10.0. The Bertz CT molecular complexity index is 1810. The van der Waals surface area contributed by atoms with Crippen molar-refractivity contribution in [2.24, 2.45) is 0 Å². The first kappa shape index (κ1) is 28.5. The van der Waals surface area contributed by atoms with Crippen LogP contribution < -0.4 is 5.32 Å². The highest BCUT2D eigenvalue weighted by Gasteiger charge is 2.28. The molecule has 0 radical (unpaired) electrons. The number of benzene rings is 2. The van der Waals surface area contributed by atoms with Gasteiger partial charge in [0, 0.05) is 54.0 Å². The van der Waals surface area contributed by atoms with Gasteiger partial charge in [-0.05, 0) is 77.3 Å². The standard InChI is InChI=1S/C35H39N5O3/c1-23-12-14-25(15-13-23)21-40-29-11-7-6-9-26(29)19-30(40)32-24(2)39-18-16-27(20-31(39)37-32)33(41)38-17-8-10-28(22-38)36-34(42)43-35(3,4)5/h6-7,9,11-16,18-20,28H,8,10,17,21-22H2,1-5H3,(H,36,42)/t28-/m1/s1. The van der Waals surface area contributed by atoms with Crippen LogP contribution in [0.25, 0.3) is 27.9 Å². The number of ether oxygens (including phenoxy) is 1. The molecular formula is C35H39N5O3. The molecule has 0 spiro atoms. The number of carbonyl (C=O) groups is 2. The van der Waals surface area contributed by atoms with Crippen molar-refractivity contribution < 1.29 is 14.3 Å². The number of hydrogen-bond donors (Lipinski definition) is 1. The highest BCUT2D eigenvalue weighted by molar-refractivity contribution is 5.95. The van der Waals surface area contributed by atoms with Gasteiger partial charge in [-0.15, -0.1) is 0 Å². The largest absolute Gasteiger partial charge is 0.444 e. The number of aromatic nitrogens is 3. The molecule has 1 aliphatic rings. The van der Waals surface area contributed by atoms with Crippen molar-refractivity contribution in [3.05, 3.63) is 95.3 Å². The van der Waals surface area contributed by atoms with Gasteiger partial charge in [-0.1, -0.05) is 48.0 Å². The van der Waals surface area contributed by atoms with Crippen molar-refractivity contribution >= 4 is 28.6 Å². The third-order valence-electron chi connectivity index (χ3n) is 8.06. The summed E-state index contributed by atoms with van der Waals surface area (Å²) in [5, 5.41) is 4.10. The molecule has 8 heteroatoms. The van der Waals surface area contributed by atoms with Crippen LogP contribution in [0, 0.1) is 13.8 Å². The molecule has 2 aromatic carbocycles. The topological polar surface area (TPSA) is 80.9 Å². The normalized spacial score (nSPS) is 15.7. The number of amides is 2. The van der Waals surface area contributed by atoms with Crippen LogP contribution in [0.15, 0.2) is 72.9 Å². The number of imidazole rings is 1. The number of para-hydroxylation sites is 1. The van der Waals surface area contributed by atoms with Crippen molar-refractivity contribution in [2.75, 3.05) is 13.1 Å². The Kier molecular flexibility index (Phi) is 7.46. The van der Waals surface area contributed by atoms with Gasteiger partial charge in [-0.2, -0.15) is 0 Å². The van der Waals surface area contributed by atoms with Gasteiger partial charge >= 0.3 is 6.09 Å². The monoisotopic (exact) mass is 577 g/mol. The van der Waals surface area contributed by atoms with Gasteiger partial charge in [0.25, 0.3) is 5.91 Å². The van der Waals surface area contributed by atoms with Gasteiger partial charge in [-0.3, -0.25) is 4.79 Å². The number of aryl methyl sites for hydroxylation is 2. The molecule has 1 N–H and O–H groups in total. The summed E-state index contributed by atoms with van der Waals surface area (Å²) in [5.74, 6) is -0.0612. The number of fused-ring (bicyclic) bond motifs is 2. The third-order valence-corrected chi connectivity index (χ3v) is 8.06. The van der Waals surface area contributed by atoms with E-state index in [1.807, 2.05) is 48.4 Å². The maximum atomic E-state index is 13.6. The second-order valence-corrected chi connectivity index (χ2v) is 12.6. The van der Waals surface area contributed by atoms with Gasteiger partial charge in [-0.25, -0.2) is 9.78 Å². The fraction of sp³-hybridized carbons (Fsp3) is 0.343. The fourth-order valence-corrected chi connectivity index (χ4v) is 5.93. The number of likely N-dealkylation sites (tertiary alicyclic amines) is 1. The molecule has 1 fully saturated rings. The lowest BCUT2D eigenvalue weighted by Crippen LogP contribution is -2.50. The van der Waals surface area contributed by atoms with Crippen LogP contribution in [-0.4, -0.2) is 55.6 Å². The minimum absolute atomic E-state index is 0.0612. The van der Waals surface area contributed by atoms with Crippen molar-refractivity contribution in [3.8, 4) is 11.4 Å². The summed E-state index contributed by atoms with van der Waals surface area (Å²) in [7, 11) is 0. The maximum Gasteiger partial charge on any atom is 0.407 e. The minimum Gasteiger partial charge on any atom is -0.444 e. The van der Waals surface area contributed by atoms with E-state index in [2.05, 4.69) is 78.3 Å². The molecule has 8 nitrogen and oxygen atoms in total. The van der Waals surface area contributed by atoms with Crippen molar-refractivity contribution in [3.63, 3.8) is 0 Å². The molecule has 0 unspecified atom stereocenters. The van der Waals surface area contributed by atoms with Crippen LogP contribution in [0.3, 0.4) is 0 Å². The lowest BCUT2D eigenvalue weighted by Gasteiger charge is -2.33. The first-order valence-corrected chi connectivity index (χ1v) is 15.0. The Morgan fingerprint density at radius 2 is 1.79 bits per heavy atom. The number of carbonyl (C=O) groups excluding carboxylic acids is 2. The summed E-state index contributed by atoms with van der Waals surface area (Å²) >= 11 is 0. The number of rotatable bonds is 5. The van der Waals surface area contributed by atoms with Crippen LogP contribution in [0.5, 0.6) is 0 Å². The molecule has 2 amide bonds. The molecule has 5 aromatic rings. The van der Waals surface area contributed by atoms with Crippen LogP contribution in [-0.2, 0) is 11.3 Å². The molecular weight excluding hydrogens is 538 g/mol. The van der Waals surface area contributed by atoms with Crippen LogP contribution in [0.2, 0.25) is 0 Å². The second kappa shape index (κ2) is 11.2. The number of pyridine rings is 1. The van der Waals surface area contributed by atoms with E-state index >= 15 is 0 Å². The average molecular weight is 578 g/mol. The quantitative estimate of drug-likeness (QED) is 0.251. The van der Waals surface area contributed by atoms with E-state index in [1.54, 1.807) is 0 Å². The Morgan fingerprint density at radius 1 is 1.02 bits per heavy atom. The van der Waals surface area contributed by atoms with E-state index in [4.69, 9.17) is 9.72 Å². The zero-order valence-electron chi connectivity index (χ0n) is 25.6. The molecule has 3 aromatic heterocycles. The predicted octanol–water partition coefficient (Wildman–Crippen LogP) is 6.75. The summed E-state index contributed by atoms with van der Waals surface area (Å²) in [6.07, 6.45) is 3.10. The Hall–Kier alpha value is -4.59. The molecule has 0 bridgehead atoms. The number of piperidine rings is 1. The zero-order valence-corrected chi connectivity index (χ0v) is 25.6. The van der Waals surface area contributed by atoms with Crippen molar-refractivity contribution in [1.29, 1.82) is 0 Å². The van der Waals surface area contributed by atoms with Gasteiger partial charge in [0.05, 0.1) is 5.69 Å². The predicted molar refractivity (Wildman–Crippen MR) is 169 cm³/mol. The van der Waals surface area contributed by atoms with Crippen molar-refractivity contribution in [1.82, 2.24) is 24.2 Å². The molecule has 1 saturated heterocycles. The van der Waals surface area contributed by atoms with Gasteiger partial charge in [0.1, 0.15) is 16.9 Å². The summed E-state index contributed by atoms with van der Waals surface area (Å²) in [6.45, 7) is 11.5. The lowest BCUT2D eigenvalue weighted by molar-refractivity contribution is 0.0452. The second-order valence-electron chi connectivity index (χ2n) is 12.6. The fourth-order valence-electron chi connectivity index (χ4n) is 5.93. The van der Waals surface area contributed by atoms with E-state index < -0.39 is 11.7 Å². The van der Waals surface area contributed by atoms with Gasteiger partial charge < -0.3 is 23.9 Å². The molecule has 1 aliphatic heterocycles. The molecule has 1 atom stereocenters. The van der Waals surface area contributed by atoms with Gasteiger partial charge in [0.2, 0.25) is 0 Å². The van der Waals surface area contributed by atoms with E-state index in [-0.39, 0.29) is 11.9 Å². The van der Waals surface area contributed by atoms with Crippen LogP contribution in [0.4, 0.5) is 4.79 Å². The van der Waals surface area contributed by atoms with Crippen molar-refractivity contribution in [2.45, 2.75) is 65.6 Å². The SMILES string of the molecule is Cc1ccc(Cn2c(-c3nc4cc(C(=O)N5CCC[C@@H](NC(=O)OC(C)(C)C)C5)ccn4c3C)cc3ccccc32)cc1. The molecule has 0 saturated carbocycles. The summed E-state index contributed by atoms with van der Waals surface area (Å²) in [6, 6.07) is 22.9. The molecule has 6 rings (SSSR count). The highest BCUT2D eigenvalue weighted by atomic mass is 16.6. The Labute approximate surface area is 252 Å². The molecule has 222 valence electrons. The smallest absolute Gasteiger partial charge is 0.407 e. The average Bonchev–Trinajstić information content (AvgIpc) is 3.49. The van der Waals surface area contributed by atoms with Gasteiger partial charge in [0.15, 0.2) is 0 Å². The molecule has 0 aliphatic carbocycles. The van der Waals surface area contributed by atoms with Crippen LogP contribution in [0.1, 0.15) is 60.8 Å². The first-order valence-electron chi connectivity index (χ1n) is 15.0. The summed E-state index contributed by atoms with van der Waals surface area (Å²) in [5.41, 5.74) is 7.32. The zero-order chi connectivity index (χ0) is 30.3. The Balaban J connectivity index is 1.28. The number of hydrogen-bond acceptors (Lipinski definition) is 4. The first-order chi connectivity index (χ1) is 20.6. The minimum atomic E-state index is -0.570. The maximum absolute atomic E-state index is 13.6. The Morgan fingerprint density at radius 3 is 2.56 bits per heavy atom. The molecule has 43 heavy (non-hydrogen) atoms. The number of nitrogens with one attached hydrogen (secondary N) is 1. The van der Waals surface area contributed by atoms with Crippen LogP contribution >= 0.6 is 0 Å². The summed E-state index contributed by atoms with van der Waals surface area (Å²) in [4.78, 5) is 32.8. The number of nitrogens with zero attached hydrogens (tertiary/aromatic N) is 4. The summed E-state index contributed by atoms with van der Waals surface area (Å²) < 4.78 is 9.79. The highest BCUT2D eigenvalue weighted by Crippen LogP contribution is 2.32. The van der Waals surface area contributed by atoms with E-state index in [0.717, 1.165) is 53.0 Å². The number of alkyl carbamates (subject to hydrolysis) is 1. The van der Waals surface area contributed by atoms with E-state index in [1.165, 1.54) is 11.1 Å². The van der Waals surface area contributed by atoms with E-state index in [0.29, 0.717) is 18.7 Å². The molecule has 4 heterocycles. The van der Waals surface area contributed by atoms with E-state index in [9.17, 15) is 9.59 Å².